The van der Waals surface area contributed by atoms with Crippen LogP contribution in [-0.4, -0.2) is 42.7 Å². The van der Waals surface area contributed by atoms with Gasteiger partial charge in [-0.1, -0.05) is 6.92 Å². The standard InChI is InChI=1S/C9H10F8O5S/c1-3-6(2,9(15,16)17)5(18)22-4(7(10,11)12)8(13,14)23(19,20)21/h4H,3H2,1-2H3,(H,19,20,21)/p-1. The molecule has 0 aromatic carbocycles. The van der Waals surface area contributed by atoms with Crippen LogP contribution in [0.3, 0.4) is 0 Å². The lowest BCUT2D eigenvalue weighted by atomic mass is 9.87. The van der Waals surface area contributed by atoms with Crippen LogP contribution in [0.1, 0.15) is 20.3 Å². The third-order valence-electron chi connectivity index (χ3n) is 2.94. The summed E-state index contributed by atoms with van der Waals surface area (Å²) in [5, 5.41) is -6.21. The van der Waals surface area contributed by atoms with Crippen LogP contribution in [-0.2, 0) is 19.6 Å². The fraction of sp³-hybridized carbons (Fsp3) is 0.889. The molecule has 0 spiro atoms. The summed E-state index contributed by atoms with van der Waals surface area (Å²) in [7, 11) is -6.98. The SMILES string of the molecule is CCC(C)(C(=O)OC(C(F)(F)F)C(F)(F)S(=O)(=O)[O-])C(F)(F)F. The van der Waals surface area contributed by atoms with Gasteiger partial charge in [-0.15, -0.1) is 0 Å². The Balaban J connectivity index is 5.93. The number of halogens is 8. The minimum Gasteiger partial charge on any atom is -0.743 e. The molecule has 2 atom stereocenters. The third kappa shape index (κ3) is 4.22. The molecule has 2 unspecified atom stereocenters. The lowest BCUT2D eigenvalue weighted by molar-refractivity contribution is -0.277. The van der Waals surface area contributed by atoms with Gasteiger partial charge in [-0.25, -0.2) is 8.42 Å². The van der Waals surface area contributed by atoms with Crippen molar-refractivity contribution in [2.24, 2.45) is 5.41 Å². The van der Waals surface area contributed by atoms with Gasteiger partial charge in [-0.3, -0.25) is 4.79 Å². The Kier molecular flexibility index (Phi) is 5.72. The molecule has 0 saturated carbocycles. The zero-order valence-corrected chi connectivity index (χ0v) is 12.1. The fourth-order valence-electron chi connectivity index (χ4n) is 1.15. The normalized spacial score (nSPS) is 18.2. The maximum Gasteiger partial charge on any atom is 0.432 e. The minimum absolute atomic E-state index is 0.0760. The van der Waals surface area contributed by atoms with Gasteiger partial charge >= 0.3 is 23.6 Å². The average Bonchev–Trinajstić information content (AvgIpc) is 2.29. The Morgan fingerprint density at radius 1 is 1.09 bits per heavy atom. The first-order chi connectivity index (χ1) is 9.82. The molecule has 0 rings (SSSR count). The van der Waals surface area contributed by atoms with Crippen molar-refractivity contribution in [1.82, 2.24) is 0 Å². The van der Waals surface area contributed by atoms with Crippen LogP contribution in [0.25, 0.3) is 0 Å². The molecule has 138 valence electrons. The number of carbonyl (C=O) groups excluding carboxylic acids is 1. The second-order valence-electron chi connectivity index (χ2n) is 4.53. The Morgan fingerprint density at radius 2 is 1.48 bits per heavy atom. The smallest absolute Gasteiger partial charge is 0.432 e. The van der Waals surface area contributed by atoms with E-state index in [1.54, 1.807) is 0 Å². The first kappa shape index (κ1) is 21.8. The summed E-state index contributed by atoms with van der Waals surface area (Å²) in [6.45, 7) is 0.784. The first-order valence-electron chi connectivity index (χ1n) is 5.50. The summed E-state index contributed by atoms with van der Waals surface area (Å²) in [5.41, 5.74) is -3.61. The monoisotopic (exact) mass is 381 g/mol. The second kappa shape index (κ2) is 6.03. The lowest BCUT2D eigenvalue weighted by Crippen LogP contribution is -2.55. The highest BCUT2D eigenvalue weighted by Crippen LogP contribution is 2.44. The van der Waals surface area contributed by atoms with E-state index >= 15 is 0 Å². The Hall–Kier alpha value is -1.18. The highest BCUT2D eigenvalue weighted by atomic mass is 32.2. The van der Waals surface area contributed by atoms with Crippen LogP contribution in [0, 0.1) is 5.41 Å². The van der Waals surface area contributed by atoms with Crippen LogP contribution < -0.4 is 0 Å². The summed E-state index contributed by atoms with van der Waals surface area (Å²) in [5.74, 6) is -2.79. The van der Waals surface area contributed by atoms with E-state index in [4.69, 9.17) is 0 Å². The molecule has 0 bridgehead atoms. The van der Waals surface area contributed by atoms with Gasteiger partial charge in [0.1, 0.15) is 0 Å². The van der Waals surface area contributed by atoms with Crippen molar-refractivity contribution in [1.29, 1.82) is 0 Å². The molecular formula is C9H9F8O5S-. The van der Waals surface area contributed by atoms with Crippen LogP contribution in [0.15, 0.2) is 0 Å². The highest BCUT2D eigenvalue weighted by Gasteiger charge is 2.65. The molecule has 23 heavy (non-hydrogen) atoms. The van der Waals surface area contributed by atoms with Crippen molar-refractivity contribution in [3.05, 3.63) is 0 Å². The van der Waals surface area contributed by atoms with Crippen LogP contribution in [0.2, 0.25) is 0 Å². The van der Waals surface area contributed by atoms with Crippen molar-refractivity contribution < 1.29 is 57.6 Å². The van der Waals surface area contributed by atoms with Crippen LogP contribution >= 0.6 is 0 Å². The number of hydrogen-bond donors (Lipinski definition) is 0. The number of hydrogen-bond acceptors (Lipinski definition) is 5. The molecule has 0 N–H and O–H groups in total. The lowest BCUT2D eigenvalue weighted by Gasteiger charge is -2.34. The van der Waals surface area contributed by atoms with E-state index in [0.29, 0.717) is 6.92 Å². The molecule has 0 aliphatic rings. The van der Waals surface area contributed by atoms with Gasteiger partial charge in [0.2, 0.25) is 0 Å². The van der Waals surface area contributed by atoms with E-state index in [2.05, 4.69) is 4.74 Å². The molecule has 0 amide bonds. The second-order valence-corrected chi connectivity index (χ2v) is 5.98. The minimum atomic E-state index is -6.98. The largest absolute Gasteiger partial charge is 0.743 e. The van der Waals surface area contributed by atoms with E-state index in [1.807, 2.05) is 0 Å². The highest BCUT2D eigenvalue weighted by molar-refractivity contribution is 7.86. The zero-order chi connectivity index (χ0) is 19.1. The first-order valence-corrected chi connectivity index (χ1v) is 6.91. The molecule has 5 nitrogen and oxygen atoms in total. The number of esters is 1. The fourth-order valence-corrected chi connectivity index (χ4v) is 1.60. The van der Waals surface area contributed by atoms with Crippen molar-refractivity contribution in [3.8, 4) is 0 Å². The average molecular weight is 381 g/mol. The molecule has 14 heteroatoms. The van der Waals surface area contributed by atoms with E-state index in [9.17, 15) is 52.9 Å². The summed E-state index contributed by atoms with van der Waals surface area (Å²) in [6, 6.07) is 0. The van der Waals surface area contributed by atoms with Gasteiger partial charge in [0, 0.05) is 0 Å². The Morgan fingerprint density at radius 3 is 1.70 bits per heavy atom. The summed E-state index contributed by atoms with van der Waals surface area (Å²) >= 11 is 0. The summed E-state index contributed by atoms with van der Waals surface area (Å²) in [6.07, 6.45) is -17.8. The molecule has 0 aliphatic heterocycles. The topological polar surface area (TPSA) is 83.5 Å². The number of rotatable bonds is 5. The maximum absolute atomic E-state index is 13.1. The summed E-state index contributed by atoms with van der Waals surface area (Å²) < 4.78 is 135. The number of carbonyl (C=O) groups is 1. The molecule has 0 heterocycles. The summed E-state index contributed by atoms with van der Waals surface area (Å²) in [4.78, 5) is 11.3. The predicted octanol–water partition coefficient (Wildman–Crippen LogP) is 2.58. The predicted molar refractivity (Wildman–Crippen MR) is 55.0 cm³/mol. The van der Waals surface area contributed by atoms with Crippen molar-refractivity contribution in [3.63, 3.8) is 0 Å². The molecule has 0 aromatic rings. The van der Waals surface area contributed by atoms with Gasteiger partial charge in [0.25, 0.3) is 6.10 Å². The van der Waals surface area contributed by atoms with Gasteiger partial charge < -0.3 is 9.29 Å². The van der Waals surface area contributed by atoms with Gasteiger partial charge in [0.15, 0.2) is 15.5 Å². The van der Waals surface area contributed by atoms with E-state index < -0.39 is 51.6 Å². The van der Waals surface area contributed by atoms with E-state index in [-0.39, 0.29) is 6.92 Å². The zero-order valence-electron chi connectivity index (χ0n) is 11.3. The molecule has 0 aliphatic carbocycles. The van der Waals surface area contributed by atoms with Gasteiger partial charge in [-0.05, 0) is 13.3 Å². The van der Waals surface area contributed by atoms with Crippen molar-refractivity contribution in [2.45, 2.75) is 44.0 Å². The number of ether oxygens (including phenoxy) is 1. The molecule has 0 saturated heterocycles. The van der Waals surface area contributed by atoms with Crippen LogP contribution in [0.4, 0.5) is 35.1 Å². The Bertz CT molecular complexity index is 551. The third-order valence-corrected chi connectivity index (χ3v) is 3.82. The van der Waals surface area contributed by atoms with Crippen molar-refractivity contribution >= 4 is 16.1 Å². The van der Waals surface area contributed by atoms with E-state index in [0.717, 1.165) is 0 Å². The van der Waals surface area contributed by atoms with Gasteiger partial charge in [-0.2, -0.15) is 35.1 Å². The van der Waals surface area contributed by atoms with E-state index in [1.165, 1.54) is 0 Å². The maximum atomic E-state index is 13.1. The molecule has 0 fully saturated rings. The molecule has 0 aromatic heterocycles. The molecular weight excluding hydrogens is 372 g/mol. The van der Waals surface area contributed by atoms with Crippen LogP contribution in [0.5, 0.6) is 0 Å². The Labute approximate surface area is 124 Å². The van der Waals surface area contributed by atoms with Gasteiger partial charge in [0.05, 0.1) is 0 Å². The van der Waals surface area contributed by atoms with Crippen molar-refractivity contribution in [2.75, 3.05) is 0 Å². The number of alkyl halides is 8. The molecule has 0 radical (unpaired) electrons. The quantitative estimate of drug-likeness (QED) is 0.415.